The molecule has 0 aliphatic carbocycles. The van der Waals surface area contributed by atoms with Crippen molar-refractivity contribution < 1.29 is 4.79 Å². The molecule has 0 atom stereocenters. The predicted octanol–water partition coefficient (Wildman–Crippen LogP) is 3.35. The predicted molar refractivity (Wildman–Crippen MR) is 82.3 cm³/mol. The van der Waals surface area contributed by atoms with Crippen molar-refractivity contribution in [2.75, 3.05) is 11.1 Å². The Morgan fingerprint density at radius 1 is 1.25 bits per heavy atom. The van der Waals surface area contributed by atoms with Gasteiger partial charge in [0.2, 0.25) is 0 Å². The Balaban J connectivity index is 2.11. The van der Waals surface area contributed by atoms with E-state index in [2.05, 4.69) is 27.3 Å². The Kier molecular flexibility index (Phi) is 4.38. The summed E-state index contributed by atoms with van der Waals surface area (Å²) in [5.41, 5.74) is 8.35. The Labute approximate surface area is 125 Å². The van der Waals surface area contributed by atoms with Gasteiger partial charge in [0.15, 0.2) is 0 Å². The molecule has 2 aromatic rings. The average molecular weight is 330 g/mol. The van der Waals surface area contributed by atoms with E-state index in [4.69, 9.17) is 11.0 Å². The Hall–Kier alpha value is -2.32. The maximum Gasteiger partial charge on any atom is 0.255 e. The van der Waals surface area contributed by atoms with E-state index in [9.17, 15) is 4.79 Å². The molecule has 0 fully saturated rings. The molecule has 0 saturated carbocycles. The number of nitrogens with zero attached hydrogens (tertiary/aromatic N) is 1. The second kappa shape index (κ2) is 6.22. The van der Waals surface area contributed by atoms with Crippen molar-refractivity contribution in [2.24, 2.45) is 0 Å². The van der Waals surface area contributed by atoms with Crippen molar-refractivity contribution in [3.05, 3.63) is 58.1 Å². The fourth-order valence-electron chi connectivity index (χ4n) is 1.69. The summed E-state index contributed by atoms with van der Waals surface area (Å²) in [6, 6.07) is 14.3. The van der Waals surface area contributed by atoms with Crippen molar-refractivity contribution >= 4 is 33.2 Å². The molecule has 0 heterocycles. The van der Waals surface area contributed by atoms with Gasteiger partial charge in [-0.15, -0.1) is 0 Å². The molecule has 0 aliphatic rings. The minimum Gasteiger partial charge on any atom is -0.398 e. The van der Waals surface area contributed by atoms with E-state index in [1.54, 1.807) is 30.3 Å². The highest BCUT2D eigenvalue weighted by Crippen LogP contribution is 2.21. The molecule has 0 unspecified atom stereocenters. The molecule has 3 N–H and O–H groups in total. The number of rotatable bonds is 3. The van der Waals surface area contributed by atoms with Crippen LogP contribution in [0.4, 0.5) is 11.4 Å². The first-order valence-corrected chi connectivity index (χ1v) is 6.71. The summed E-state index contributed by atoms with van der Waals surface area (Å²) in [7, 11) is 0. The third-order valence-electron chi connectivity index (χ3n) is 2.75. The Bertz CT molecular complexity index is 675. The molecular formula is C15H12BrN3O. The van der Waals surface area contributed by atoms with Crippen molar-refractivity contribution in [1.29, 1.82) is 5.26 Å². The Morgan fingerprint density at radius 3 is 2.55 bits per heavy atom. The van der Waals surface area contributed by atoms with E-state index in [1.165, 1.54) is 0 Å². The molecule has 0 spiro atoms. The molecule has 0 aromatic heterocycles. The number of nitriles is 1. The van der Waals surface area contributed by atoms with Crippen molar-refractivity contribution in [1.82, 2.24) is 0 Å². The molecule has 4 nitrogen and oxygen atoms in total. The summed E-state index contributed by atoms with van der Waals surface area (Å²) in [5, 5.41) is 11.4. The summed E-state index contributed by atoms with van der Waals surface area (Å²) in [6.07, 6.45) is 0.359. The first-order chi connectivity index (χ1) is 9.60. The zero-order valence-corrected chi connectivity index (χ0v) is 12.1. The molecule has 1 amide bonds. The second-order valence-corrected chi connectivity index (χ2v) is 5.08. The lowest BCUT2D eigenvalue weighted by atomic mass is 10.1. The van der Waals surface area contributed by atoms with Gasteiger partial charge in [-0.05, 0) is 51.8 Å². The fraction of sp³-hybridized carbons (Fsp3) is 0.0667. The van der Waals surface area contributed by atoms with Crippen LogP contribution in [0.3, 0.4) is 0 Å². The van der Waals surface area contributed by atoms with Crippen LogP contribution < -0.4 is 11.1 Å². The number of benzene rings is 2. The number of halogens is 1. The Morgan fingerprint density at radius 2 is 1.95 bits per heavy atom. The molecule has 0 radical (unpaired) electrons. The standard InChI is InChI=1S/C15H12BrN3O/c16-13-6-3-11(9-14(13)18)15(20)19-12-4-1-10(2-5-12)7-8-17/h1-6,9H,7,18H2,(H,19,20). The van der Waals surface area contributed by atoms with Crippen LogP contribution in [-0.4, -0.2) is 5.91 Å². The monoisotopic (exact) mass is 329 g/mol. The number of nitrogens with two attached hydrogens (primary N) is 1. The van der Waals surface area contributed by atoms with E-state index < -0.39 is 0 Å². The molecule has 0 bridgehead atoms. The lowest BCUT2D eigenvalue weighted by molar-refractivity contribution is 0.102. The van der Waals surface area contributed by atoms with Gasteiger partial charge >= 0.3 is 0 Å². The van der Waals surface area contributed by atoms with Crippen molar-refractivity contribution in [3.8, 4) is 6.07 Å². The van der Waals surface area contributed by atoms with Gasteiger partial charge in [-0.3, -0.25) is 4.79 Å². The number of hydrogen-bond donors (Lipinski definition) is 2. The van der Waals surface area contributed by atoms with Crippen LogP contribution >= 0.6 is 15.9 Å². The van der Waals surface area contributed by atoms with Gasteiger partial charge in [-0.2, -0.15) is 5.26 Å². The molecule has 100 valence electrons. The highest BCUT2D eigenvalue weighted by Gasteiger charge is 2.07. The van der Waals surface area contributed by atoms with Crippen molar-refractivity contribution in [2.45, 2.75) is 6.42 Å². The number of carbonyl (C=O) groups excluding carboxylic acids is 1. The highest BCUT2D eigenvalue weighted by molar-refractivity contribution is 9.10. The third kappa shape index (κ3) is 3.37. The van der Waals surface area contributed by atoms with Crippen LogP contribution in [0.2, 0.25) is 0 Å². The number of hydrogen-bond acceptors (Lipinski definition) is 3. The summed E-state index contributed by atoms with van der Waals surface area (Å²) < 4.78 is 0.759. The van der Waals surface area contributed by atoms with Gasteiger partial charge in [-0.1, -0.05) is 12.1 Å². The summed E-state index contributed by atoms with van der Waals surface area (Å²) in [6.45, 7) is 0. The van der Waals surface area contributed by atoms with Crippen LogP contribution in [0.25, 0.3) is 0 Å². The maximum atomic E-state index is 12.1. The molecule has 5 heteroatoms. The number of carbonyl (C=O) groups is 1. The molecule has 20 heavy (non-hydrogen) atoms. The average Bonchev–Trinajstić information content (AvgIpc) is 2.44. The SMILES string of the molecule is N#CCc1ccc(NC(=O)c2ccc(Br)c(N)c2)cc1. The minimum atomic E-state index is -0.225. The van der Waals surface area contributed by atoms with E-state index in [1.807, 2.05) is 12.1 Å². The molecule has 2 aromatic carbocycles. The fourth-order valence-corrected chi connectivity index (χ4v) is 1.93. The topological polar surface area (TPSA) is 78.9 Å². The van der Waals surface area contributed by atoms with Gasteiger partial charge in [0.1, 0.15) is 0 Å². The summed E-state index contributed by atoms with van der Waals surface area (Å²) in [5.74, 6) is -0.225. The van der Waals surface area contributed by atoms with Crippen LogP contribution in [0.1, 0.15) is 15.9 Å². The molecule has 0 saturated heterocycles. The molecule has 0 aliphatic heterocycles. The van der Waals surface area contributed by atoms with Gasteiger partial charge < -0.3 is 11.1 Å². The maximum absolute atomic E-state index is 12.1. The van der Waals surface area contributed by atoms with E-state index >= 15 is 0 Å². The zero-order valence-electron chi connectivity index (χ0n) is 10.6. The normalized spacial score (nSPS) is 9.80. The van der Waals surface area contributed by atoms with Crippen LogP contribution in [0.15, 0.2) is 46.9 Å². The summed E-state index contributed by atoms with van der Waals surface area (Å²) >= 11 is 3.28. The zero-order chi connectivity index (χ0) is 14.5. The molecule has 2 rings (SSSR count). The number of nitrogen functional groups attached to an aromatic ring is 1. The van der Waals surface area contributed by atoms with Gasteiger partial charge in [0, 0.05) is 21.4 Å². The third-order valence-corrected chi connectivity index (χ3v) is 3.48. The first-order valence-electron chi connectivity index (χ1n) is 5.92. The van der Waals surface area contributed by atoms with Gasteiger partial charge in [0.05, 0.1) is 12.5 Å². The quantitative estimate of drug-likeness (QED) is 0.847. The smallest absolute Gasteiger partial charge is 0.255 e. The van der Waals surface area contributed by atoms with E-state index in [0.29, 0.717) is 23.4 Å². The number of amides is 1. The van der Waals surface area contributed by atoms with Gasteiger partial charge in [0.25, 0.3) is 5.91 Å². The van der Waals surface area contributed by atoms with E-state index in [-0.39, 0.29) is 5.91 Å². The lowest BCUT2D eigenvalue weighted by Crippen LogP contribution is -2.12. The highest BCUT2D eigenvalue weighted by atomic mass is 79.9. The largest absolute Gasteiger partial charge is 0.398 e. The van der Waals surface area contributed by atoms with Crippen molar-refractivity contribution in [3.63, 3.8) is 0 Å². The van der Waals surface area contributed by atoms with Crippen LogP contribution in [-0.2, 0) is 6.42 Å². The second-order valence-electron chi connectivity index (χ2n) is 4.22. The molecular weight excluding hydrogens is 318 g/mol. The number of anilines is 2. The first kappa shape index (κ1) is 14.1. The van der Waals surface area contributed by atoms with Crippen LogP contribution in [0.5, 0.6) is 0 Å². The lowest BCUT2D eigenvalue weighted by Gasteiger charge is -2.07. The minimum absolute atomic E-state index is 0.225. The summed E-state index contributed by atoms with van der Waals surface area (Å²) in [4.78, 5) is 12.1. The van der Waals surface area contributed by atoms with Gasteiger partial charge in [-0.25, -0.2) is 0 Å². The number of nitrogens with one attached hydrogen (secondary N) is 1. The van der Waals surface area contributed by atoms with E-state index in [0.717, 1.165) is 10.0 Å². The van der Waals surface area contributed by atoms with Crippen LogP contribution in [0, 0.1) is 11.3 Å².